The van der Waals surface area contributed by atoms with Gasteiger partial charge in [-0.25, -0.2) is 0 Å². The molecule has 40 heavy (non-hydrogen) atoms. The number of nitrogens with zero attached hydrogens (tertiary/aromatic N) is 4. The molecule has 7 nitrogen and oxygen atoms in total. The van der Waals surface area contributed by atoms with Crippen LogP contribution in [0, 0.1) is 0 Å². The van der Waals surface area contributed by atoms with Crippen LogP contribution in [0.25, 0.3) is 22.0 Å². The first kappa shape index (κ1) is 25.2. The van der Waals surface area contributed by atoms with Crippen molar-refractivity contribution >= 4 is 28.3 Å². The fraction of sp³-hybridized carbons (Fsp3) is 0.152. The predicted molar refractivity (Wildman–Crippen MR) is 156 cm³/mol. The van der Waals surface area contributed by atoms with Gasteiger partial charge in [0.25, 0.3) is 5.91 Å². The van der Waals surface area contributed by atoms with Crippen LogP contribution in [0.1, 0.15) is 15.9 Å². The van der Waals surface area contributed by atoms with Gasteiger partial charge in [0, 0.05) is 42.9 Å². The van der Waals surface area contributed by atoms with E-state index in [9.17, 15) is 9.59 Å². The molecule has 4 aromatic carbocycles. The molecule has 0 aliphatic carbocycles. The number of aromatic nitrogens is 2. The van der Waals surface area contributed by atoms with Crippen LogP contribution in [0.4, 0.5) is 5.82 Å². The van der Waals surface area contributed by atoms with Crippen LogP contribution in [-0.2, 0) is 4.79 Å². The molecule has 0 saturated carbocycles. The second-order valence-corrected chi connectivity index (χ2v) is 9.68. The van der Waals surface area contributed by atoms with Crippen LogP contribution >= 0.6 is 0 Å². The zero-order chi connectivity index (χ0) is 27.3. The van der Waals surface area contributed by atoms with Crippen molar-refractivity contribution in [3.8, 4) is 17.0 Å². The Morgan fingerprint density at radius 2 is 1.38 bits per heavy atom. The average molecular weight is 529 g/mol. The molecule has 1 amide bonds. The van der Waals surface area contributed by atoms with E-state index < -0.39 is 0 Å². The number of hydrogen-bond donors (Lipinski definition) is 0. The highest BCUT2D eigenvalue weighted by Crippen LogP contribution is 2.27. The maximum Gasteiger partial charge on any atom is 0.260 e. The van der Waals surface area contributed by atoms with Gasteiger partial charge in [0.1, 0.15) is 5.75 Å². The van der Waals surface area contributed by atoms with E-state index in [-0.39, 0.29) is 18.3 Å². The molecule has 6 rings (SSSR count). The van der Waals surface area contributed by atoms with Crippen molar-refractivity contribution < 1.29 is 14.3 Å². The summed E-state index contributed by atoms with van der Waals surface area (Å²) in [5.74, 6) is 1.24. The van der Waals surface area contributed by atoms with E-state index in [2.05, 4.69) is 39.4 Å². The van der Waals surface area contributed by atoms with Gasteiger partial charge in [0.15, 0.2) is 18.2 Å². The van der Waals surface area contributed by atoms with E-state index in [1.807, 2.05) is 53.4 Å². The summed E-state index contributed by atoms with van der Waals surface area (Å²) in [6, 6.07) is 34.5. The summed E-state index contributed by atoms with van der Waals surface area (Å²) < 4.78 is 5.72. The van der Waals surface area contributed by atoms with E-state index in [1.165, 1.54) is 5.39 Å². The number of hydrogen-bond acceptors (Lipinski definition) is 6. The van der Waals surface area contributed by atoms with E-state index in [4.69, 9.17) is 4.74 Å². The minimum Gasteiger partial charge on any atom is -0.484 e. The van der Waals surface area contributed by atoms with Crippen molar-refractivity contribution in [3.05, 3.63) is 120 Å². The molecule has 2 heterocycles. The summed E-state index contributed by atoms with van der Waals surface area (Å²) in [4.78, 5) is 29.3. The van der Waals surface area contributed by atoms with Crippen molar-refractivity contribution in [2.75, 3.05) is 37.7 Å². The van der Waals surface area contributed by atoms with Gasteiger partial charge >= 0.3 is 0 Å². The number of fused-ring (bicyclic) bond motifs is 1. The first-order valence-electron chi connectivity index (χ1n) is 13.3. The number of benzene rings is 4. The van der Waals surface area contributed by atoms with Gasteiger partial charge in [-0.1, -0.05) is 72.8 Å². The smallest absolute Gasteiger partial charge is 0.260 e. The Morgan fingerprint density at radius 3 is 2.12 bits per heavy atom. The minimum atomic E-state index is -0.0681. The van der Waals surface area contributed by atoms with E-state index in [0.717, 1.165) is 22.5 Å². The van der Waals surface area contributed by atoms with Crippen LogP contribution in [-0.4, -0.2) is 59.6 Å². The highest BCUT2D eigenvalue weighted by molar-refractivity contribution is 6.09. The largest absolute Gasteiger partial charge is 0.484 e. The lowest BCUT2D eigenvalue weighted by atomic mass is 10.0. The Balaban J connectivity index is 1.01. The van der Waals surface area contributed by atoms with Gasteiger partial charge < -0.3 is 14.5 Å². The number of ether oxygens (including phenoxy) is 1. The van der Waals surface area contributed by atoms with Crippen LogP contribution < -0.4 is 9.64 Å². The molecule has 0 spiro atoms. The highest BCUT2D eigenvalue weighted by atomic mass is 16.5. The van der Waals surface area contributed by atoms with Crippen molar-refractivity contribution in [2.45, 2.75) is 0 Å². The van der Waals surface area contributed by atoms with Gasteiger partial charge in [0.05, 0.1) is 5.69 Å². The lowest BCUT2D eigenvalue weighted by Gasteiger charge is -2.35. The van der Waals surface area contributed by atoms with Crippen LogP contribution in [0.5, 0.6) is 5.75 Å². The molecule has 1 aliphatic heterocycles. The molecule has 1 saturated heterocycles. The third-order valence-electron chi connectivity index (χ3n) is 7.19. The lowest BCUT2D eigenvalue weighted by Crippen LogP contribution is -2.50. The zero-order valence-electron chi connectivity index (χ0n) is 21.9. The highest BCUT2D eigenvalue weighted by Gasteiger charge is 2.22. The van der Waals surface area contributed by atoms with Crippen molar-refractivity contribution in [3.63, 3.8) is 0 Å². The molecular formula is C33H28N4O3. The molecule has 0 bridgehead atoms. The Labute approximate surface area is 232 Å². The summed E-state index contributed by atoms with van der Waals surface area (Å²) in [7, 11) is 0. The number of carbonyl (C=O) groups is 2. The number of anilines is 1. The van der Waals surface area contributed by atoms with Crippen LogP contribution in [0.2, 0.25) is 0 Å². The van der Waals surface area contributed by atoms with E-state index >= 15 is 0 Å². The normalized spacial score (nSPS) is 13.3. The van der Waals surface area contributed by atoms with Gasteiger partial charge in [-0.15, -0.1) is 10.2 Å². The molecule has 1 fully saturated rings. The monoisotopic (exact) mass is 528 g/mol. The molecule has 1 aromatic heterocycles. The molecule has 0 N–H and O–H groups in total. The predicted octanol–water partition coefficient (Wildman–Crippen LogP) is 5.26. The minimum absolute atomic E-state index is 0.0472. The third-order valence-corrected chi connectivity index (χ3v) is 7.19. The standard InChI is InChI=1S/C33H28N4O3/c38-32(23-40-27-15-13-26(14-16-27)33(39)25-8-2-1-3-9-25)37-21-19-36(20-22-37)31-18-17-30(34-35-31)29-12-6-10-24-7-4-5-11-28(24)29/h1-18H,19-23H2. The molecule has 7 heteroatoms. The first-order valence-corrected chi connectivity index (χ1v) is 13.3. The molecule has 0 atom stereocenters. The second kappa shape index (κ2) is 11.4. The molecule has 0 unspecified atom stereocenters. The third kappa shape index (κ3) is 5.40. The summed E-state index contributed by atoms with van der Waals surface area (Å²) >= 11 is 0. The maximum atomic E-state index is 12.8. The van der Waals surface area contributed by atoms with Crippen molar-refractivity contribution in [2.24, 2.45) is 0 Å². The molecule has 1 aliphatic rings. The average Bonchev–Trinajstić information content (AvgIpc) is 3.04. The zero-order valence-corrected chi connectivity index (χ0v) is 21.9. The van der Waals surface area contributed by atoms with Gasteiger partial charge in [-0.05, 0) is 47.2 Å². The quantitative estimate of drug-likeness (QED) is 0.269. The van der Waals surface area contributed by atoms with Crippen molar-refractivity contribution in [1.82, 2.24) is 15.1 Å². The van der Waals surface area contributed by atoms with Crippen LogP contribution in [0.3, 0.4) is 0 Å². The van der Waals surface area contributed by atoms with Crippen LogP contribution in [0.15, 0.2) is 109 Å². The lowest BCUT2D eigenvalue weighted by molar-refractivity contribution is -0.133. The number of rotatable bonds is 7. The first-order chi connectivity index (χ1) is 19.7. The van der Waals surface area contributed by atoms with Crippen molar-refractivity contribution in [1.29, 1.82) is 0 Å². The molecule has 198 valence electrons. The number of ketones is 1. The Morgan fingerprint density at radius 1 is 0.675 bits per heavy atom. The summed E-state index contributed by atoms with van der Waals surface area (Å²) in [6.45, 7) is 2.46. The Bertz CT molecular complexity index is 1620. The number of amides is 1. The molecule has 0 radical (unpaired) electrons. The van der Waals surface area contributed by atoms with E-state index in [1.54, 1.807) is 36.4 Å². The van der Waals surface area contributed by atoms with Gasteiger partial charge in [-0.2, -0.15) is 0 Å². The fourth-order valence-corrected chi connectivity index (χ4v) is 4.97. The Hall–Kier alpha value is -5.04. The summed E-state index contributed by atoms with van der Waals surface area (Å²) in [5, 5.41) is 11.3. The SMILES string of the molecule is O=C(c1ccccc1)c1ccc(OCC(=O)N2CCN(c3ccc(-c4cccc5ccccc45)nn3)CC2)cc1. The number of piperazine rings is 1. The molecule has 5 aromatic rings. The fourth-order valence-electron chi connectivity index (χ4n) is 4.97. The molecular weight excluding hydrogens is 500 g/mol. The van der Waals surface area contributed by atoms with Gasteiger partial charge in [-0.3, -0.25) is 9.59 Å². The van der Waals surface area contributed by atoms with E-state index in [0.29, 0.717) is 43.1 Å². The Kier molecular flexibility index (Phi) is 7.18. The second-order valence-electron chi connectivity index (χ2n) is 9.68. The summed E-state index contributed by atoms with van der Waals surface area (Å²) in [6.07, 6.45) is 0. The number of carbonyl (C=O) groups excluding carboxylic acids is 2. The summed E-state index contributed by atoms with van der Waals surface area (Å²) in [5.41, 5.74) is 3.11. The topological polar surface area (TPSA) is 75.6 Å². The van der Waals surface area contributed by atoms with Gasteiger partial charge in [0.2, 0.25) is 0 Å². The maximum absolute atomic E-state index is 12.8.